The molecule has 1 aromatic heterocycles. The van der Waals surface area contributed by atoms with Crippen LogP contribution in [0.15, 0.2) is 50.5 Å². The molecule has 0 fully saturated rings. The quantitative estimate of drug-likeness (QED) is 0.727. The van der Waals surface area contributed by atoms with Gasteiger partial charge < -0.3 is 5.32 Å². The molecule has 0 saturated carbocycles. The third-order valence-corrected chi connectivity index (χ3v) is 6.37. The number of thiophene rings is 1. The lowest BCUT2D eigenvalue weighted by Gasteiger charge is -2.14. The number of nitrogens with one attached hydrogen (secondary N) is 2. The predicted molar refractivity (Wildman–Crippen MR) is 95.0 cm³/mol. The van der Waals surface area contributed by atoms with Gasteiger partial charge in [-0.3, -0.25) is 4.79 Å². The standard InChI is InChI=1S/C15H17BrN2O3S2/c1-11(9-12-4-6-13(16)7-5-12)18-14(19)10-17-23(20,21)15-3-2-8-22-15/h2-8,11,17H,9-10H2,1H3,(H,18,19). The van der Waals surface area contributed by atoms with E-state index in [-0.39, 0.29) is 22.7 Å². The third kappa shape index (κ3) is 5.72. The number of rotatable bonds is 7. The van der Waals surface area contributed by atoms with Crippen molar-refractivity contribution in [2.45, 2.75) is 23.6 Å². The van der Waals surface area contributed by atoms with Crippen LogP contribution in [-0.2, 0) is 21.2 Å². The first-order chi connectivity index (χ1) is 10.9. The molecule has 8 heteroatoms. The van der Waals surface area contributed by atoms with E-state index in [0.29, 0.717) is 6.42 Å². The Morgan fingerprint density at radius 1 is 1.26 bits per heavy atom. The Bertz CT molecular complexity index is 744. The highest BCUT2D eigenvalue weighted by molar-refractivity contribution is 9.10. The average Bonchev–Trinajstić information content (AvgIpc) is 3.03. The van der Waals surface area contributed by atoms with Gasteiger partial charge in [-0.05, 0) is 42.5 Å². The van der Waals surface area contributed by atoms with Crippen LogP contribution in [0.3, 0.4) is 0 Å². The summed E-state index contributed by atoms with van der Waals surface area (Å²) in [6.45, 7) is 1.61. The summed E-state index contributed by atoms with van der Waals surface area (Å²) < 4.78 is 27.3. The van der Waals surface area contributed by atoms with Crippen molar-refractivity contribution in [2.75, 3.05) is 6.54 Å². The Balaban J connectivity index is 1.81. The summed E-state index contributed by atoms with van der Waals surface area (Å²) in [5.74, 6) is -0.352. The minimum absolute atomic E-state index is 0.0880. The summed E-state index contributed by atoms with van der Waals surface area (Å²) >= 11 is 4.49. The number of benzene rings is 1. The number of sulfonamides is 1. The summed E-state index contributed by atoms with van der Waals surface area (Å²) in [6, 6.07) is 10.9. The fraction of sp³-hybridized carbons (Fsp3) is 0.267. The molecule has 1 heterocycles. The van der Waals surface area contributed by atoms with E-state index in [1.807, 2.05) is 31.2 Å². The molecule has 1 unspecified atom stereocenters. The Labute approximate surface area is 148 Å². The van der Waals surface area contributed by atoms with Crippen molar-refractivity contribution in [3.63, 3.8) is 0 Å². The molecule has 124 valence electrons. The Morgan fingerprint density at radius 2 is 1.96 bits per heavy atom. The molecular weight excluding hydrogens is 400 g/mol. The second-order valence-electron chi connectivity index (χ2n) is 5.06. The molecule has 2 aromatic rings. The first-order valence-corrected chi connectivity index (χ1v) is 10.1. The Hall–Kier alpha value is -1.22. The number of halogens is 1. The van der Waals surface area contributed by atoms with E-state index in [4.69, 9.17) is 0 Å². The van der Waals surface area contributed by atoms with E-state index in [1.54, 1.807) is 11.4 Å². The second-order valence-corrected chi connectivity index (χ2v) is 8.91. The van der Waals surface area contributed by atoms with Crippen LogP contribution in [0.5, 0.6) is 0 Å². The molecule has 0 aliphatic rings. The van der Waals surface area contributed by atoms with E-state index < -0.39 is 10.0 Å². The van der Waals surface area contributed by atoms with Crippen molar-refractivity contribution in [3.8, 4) is 0 Å². The predicted octanol–water partition coefficient (Wildman–Crippen LogP) is 2.54. The summed E-state index contributed by atoms with van der Waals surface area (Å²) in [5.41, 5.74) is 1.10. The number of carbonyl (C=O) groups excluding carboxylic acids is 1. The maximum Gasteiger partial charge on any atom is 0.250 e. The largest absolute Gasteiger partial charge is 0.352 e. The van der Waals surface area contributed by atoms with Gasteiger partial charge in [0.15, 0.2) is 0 Å². The van der Waals surface area contributed by atoms with Gasteiger partial charge in [0, 0.05) is 10.5 Å². The van der Waals surface area contributed by atoms with Gasteiger partial charge >= 0.3 is 0 Å². The molecule has 1 amide bonds. The van der Waals surface area contributed by atoms with Crippen LogP contribution in [0, 0.1) is 0 Å². The van der Waals surface area contributed by atoms with Crippen molar-refractivity contribution in [1.82, 2.24) is 10.0 Å². The number of amides is 1. The van der Waals surface area contributed by atoms with Crippen molar-refractivity contribution < 1.29 is 13.2 Å². The van der Waals surface area contributed by atoms with Crippen LogP contribution in [0.4, 0.5) is 0 Å². The van der Waals surface area contributed by atoms with E-state index in [2.05, 4.69) is 26.0 Å². The molecule has 5 nitrogen and oxygen atoms in total. The third-order valence-electron chi connectivity index (χ3n) is 3.05. The highest BCUT2D eigenvalue weighted by atomic mass is 79.9. The summed E-state index contributed by atoms with van der Waals surface area (Å²) in [7, 11) is -3.61. The zero-order valence-corrected chi connectivity index (χ0v) is 15.7. The zero-order chi connectivity index (χ0) is 16.9. The molecule has 23 heavy (non-hydrogen) atoms. The van der Waals surface area contributed by atoms with E-state index in [9.17, 15) is 13.2 Å². The zero-order valence-electron chi connectivity index (χ0n) is 12.5. The van der Waals surface area contributed by atoms with Gasteiger partial charge in [0.2, 0.25) is 5.91 Å². The smallest absolute Gasteiger partial charge is 0.250 e. The van der Waals surface area contributed by atoms with Crippen LogP contribution in [-0.4, -0.2) is 26.9 Å². The molecule has 2 N–H and O–H groups in total. The molecule has 0 saturated heterocycles. The van der Waals surface area contributed by atoms with Gasteiger partial charge in [-0.15, -0.1) is 11.3 Å². The lowest BCUT2D eigenvalue weighted by atomic mass is 10.1. The van der Waals surface area contributed by atoms with Crippen molar-refractivity contribution >= 4 is 43.2 Å². The van der Waals surface area contributed by atoms with Gasteiger partial charge in [-0.2, -0.15) is 0 Å². The normalized spacial score (nSPS) is 12.8. The molecule has 2 rings (SSSR count). The SMILES string of the molecule is CC(Cc1ccc(Br)cc1)NC(=O)CNS(=O)(=O)c1cccs1. The van der Waals surface area contributed by atoms with Gasteiger partial charge in [0.25, 0.3) is 10.0 Å². The Kier molecular flexibility index (Phi) is 6.34. The summed E-state index contributed by atoms with van der Waals surface area (Å²) in [5, 5.41) is 4.46. The molecule has 0 bridgehead atoms. The van der Waals surface area contributed by atoms with Crippen molar-refractivity contribution in [1.29, 1.82) is 0 Å². The van der Waals surface area contributed by atoms with Crippen molar-refractivity contribution in [3.05, 3.63) is 51.8 Å². The molecule has 0 radical (unpaired) electrons. The van der Waals surface area contributed by atoms with Gasteiger partial charge in [0.05, 0.1) is 6.54 Å². The van der Waals surface area contributed by atoms with Crippen LogP contribution in [0.2, 0.25) is 0 Å². The van der Waals surface area contributed by atoms with E-state index in [0.717, 1.165) is 21.4 Å². The molecule has 1 aromatic carbocycles. The van der Waals surface area contributed by atoms with Gasteiger partial charge in [-0.25, -0.2) is 13.1 Å². The lowest BCUT2D eigenvalue weighted by Crippen LogP contribution is -2.41. The Morgan fingerprint density at radius 3 is 2.57 bits per heavy atom. The van der Waals surface area contributed by atoms with E-state index in [1.165, 1.54) is 6.07 Å². The topological polar surface area (TPSA) is 75.3 Å². The molecule has 0 aliphatic carbocycles. The lowest BCUT2D eigenvalue weighted by molar-refractivity contribution is -0.120. The number of hydrogen-bond acceptors (Lipinski definition) is 4. The van der Waals surface area contributed by atoms with Crippen LogP contribution in [0.1, 0.15) is 12.5 Å². The molecular formula is C15H17BrN2O3S2. The van der Waals surface area contributed by atoms with Gasteiger partial charge in [-0.1, -0.05) is 34.1 Å². The highest BCUT2D eigenvalue weighted by Gasteiger charge is 2.17. The van der Waals surface area contributed by atoms with Crippen LogP contribution in [0.25, 0.3) is 0 Å². The monoisotopic (exact) mass is 416 g/mol. The highest BCUT2D eigenvalue weighted by Crippen LogP contribution is 2.15. The first-order valence-electron chi connectivity index (χ1n) is 6.94. The summed E-state index contributed by atoms with van der Waals surface area (Å²) in [4.78, 5) is 11.9. The summed E-state index contributed by atoms with van der Waals surface area (Å²) in [6.07, 6.45) is 0.677. The fourth-order valence-corrected chi connectivity index (χ4v) is 4.28. The maximum atomic E-state index is 11.9. The fourth-order valence-electron chi connectivity index (χ4n) is 2.00. The minimum atomic E-state index is -3.61. The minimum Gasteiger partial charge on any atom is -0.352 e. The second kappa shape index (κ2) is 8.05. The van der Waals surface area contributed by atoms with Crippen LogP contribution < -0.4 is 10.0 Å². The average molecular weight is 417 g/mol. The van der Waals surface area contributed by atoms with Crippen LogP contribution >= 0.6 is 27.3 Å². The molecule has 1 atom stereocenters. The number of carbonyl (C=O) groups is 1. The number of hydrogen-bond donors (Lipinski definition) is 2. The van der Waals surface area contributed by atoms with E-state index >= 15 is 0 Å². The first kappa shape index (κ1) is 18.1. The van der Waals surface area contributed by atoms with Gasteiger partial charge in [0.1, 0.15) is 4.21 Å². The molecule has 0 spiro atoms. The van der Waals surface area contributed by atoms with Crippen molar-refractivity contribution in [2.24, 2.45) is 0 Å². The maximum absolute atomic E-state index is 11.9. The molecule has 0 aliphatic heterocycles.